The van der Waals surface area contributed by atoms with Gasteiger partial charge in [0.15, 0.2) is 0 Å². The number of benzene rings is 6. The number of sulfone groups is 1. The summed E-state index contributed by atoms with van der Waals surface area (Å²) in [5.74, 6) is 1.02. The van der Waals surface area contributed by atoms with Gasteiger partial charge in [-0.15, -0.1) is 23.5 Å². The Morgan fingerprint density at radius 2 is 0.907 bits per heavy atom. The summed E-state index contributed by atoms with van der Waals surface area (Å²) in [4.78, 5) is 2.25. The lowest BCUT2D eigenvalue weighted by molar-refractivity contribution is 0.322. The molecule has 6 rings (SSSR count). The highest BCUT2D eigenvalue weighted by Gasteiger charge is 2.22. The largest absolute Gasteiger partial charge is 0.396 e. The zero-order valence-corrected chi connectivity index (χ0v) is 25.8. The van der Waals surface area contributed by atoms with Gasteiger partial charge in [-0.1, -0.05) is 72.8 Å². The lowest BCUT2D eigenvalue weighted by Crippen LogP contribution is -2.04. The van der Waals surface area contributed by atoms with E-state index < -0.39 is 9.84 Å². The van der Waals surface area contributed by atoms with Gasteiger partial charge in [0.25, 0.3) is 0 Å². The Hall–Kier alpha value is -3.59. The normalized spacial score (nSPS) is 11.8. The molecule has 0 aliphatic heterocycles. The van der Waals surface area contributed by atoms with Gasteiger partial charge in [0.2, 0.25) is 9.84 Å². The minimum atomic E-state index is -3.88. The molecule has 0 fully saturated rings. The monoisotopic (exact) mass is 622 g/mol. The van der Waals surface area contributed by atoms with Crippen molar-refractivity contribution in [2.24, 2.45) is 0 Å². The minimum Gasteiger partial charge on any atom is -0.396 e. The molecular weight excluding hydrogens is 593 g/mol. The summed E-state index contributed by atoms with van der Waals surface area (Å²) in [6.45, 7) is 0.0557. The van der Waals surface area contributed by atoms with E-state index in [-0.39, 0.29) is 23.0 Å². The van der Waals surface area contributed by atoms with Crippen LogP contribution in [0.4, 0.5) is 0 Å². The third-order valence-electron chi connectivity index (χ3n) is 7.34. The van der Waals surface area contributed by atoms with E-state index in [1.165, 1.54) is 23.5 Å². The molecule has 216 valence electrons. The molecule has 0 bridgehead atoms. The molecule has 0 heterocycles. The molecule has 0 aromatic heterocycles. The first kappa shape index (κ1) is 29.5. The third kappa shape index (κ3) is 6.23. The number of rotatable bonds is 10. The highest BCUT2D eigenvalue weighted by molar-refractivity contribution is 7.99. The quantitative estimate of drug-likeness (QED) is 0.150. The topological polar surface area (TPSA) is 74.6 Å². The van der Waals surface area contributed by atoms with E-state index >= 15 is 0 Å². The second-order valence-electron chi connectivity index (χ2n) is 10.1. The van der Waals surface area contributed by atoms with Gasteiger partial charge >= 0.3 is 0 Å². The van der Waals surface area contributed by atoms with Crippen LogP contribution in [0.2, 0.25) is 0 Å². The second kappa shape index (κ2) is 13.0. The van der Waals surface area contributed by atoms with Gasteiger partial charge in [-0.2, -0.15) is 0 Å². The van der Waals surface area contributed by atoms with E-state index in [0.717, 1.165) is 53.6 Å². The lowest BCUT2D eigenvalue weighted by atomic mass is 10.0. The van der Waals surface area contributed by atoms with Crippen molar-refractivity contribution in [1.82, 2.24) is 0 Å². The van der Waals surface area contributed by atoms with Crippen molar-refractivity contribution >= 4 is 54.9 Å². The average Bonchev–Trinajstić information content (AvgIpc) is 3.05. The first-order valence-corrected chi connectivity index (χ1v) is 17.4. The molecule has 6 aromatic carbocycles. The maximum absolute atomic E-state index is 14.2. The van der Waals surface area contributed by atoms with E-state index in [1.807, 2.05) is 72.8 Å². The Morgan fingerprint density at radius 1 is 0.488 bits per heavy atom. The van der Waals surface area contributed by atoms with Crippen molar-refractivity contribution in [3.8, 4) is 22.3 Å². The number of aliphatic hydroxyl groups excluding tert-OH is 2. The van der Waals surface area contributed by atoms with Gasteiger partial charge in [-0.3, -0.25) is 0 Å². The van der Waals surface area contributed by atoms with Crippen molar-refractivity contribution in [3.63, 3.8) is 0 Å². The minimum absolute atomic E-state index is 0.0278. The molecule has 0 unspecified atom stereocenters. The van der Waals surface area contributed by atoms with Crippen molar-refractivity contribution < 1.29 is 18.6 Å². The molecule has 0 saturated carbocycles. The van der Waals surface area contributed by atoms with Crippen molar-refractivity contribution in [2.75, 3.05) is 24.7 Å². The van der Waals surface area contributed by atoms with E-state index in [4.69, 9.17) is 0 Å². The molecule has 7 heteroatoms. The average molecular weight is 623 g/mol. The summed E-state index contributed by atoms with van der Waals surface area (Å²) in [5.41, 5.74) is 3.47. The highest BCUT2D eigenvalue weighted by atomic mass is 32.2. The van der Waals surface area contributed by atoms with Gasteiger partial charge < -0.3 is 10.2 Å². The van der Waals surface area contributed by atoms with Crippen LogP contribution in [0, 0.1) is 0 Å². The predicted octanol–water partition coefficient (Wildman–Crippen LogP) is 8.33. The number of fused-ring (bicyclic) bond motifs is 2. The fraction of sp³-hybridized carbons (Fsp3) is 0.111. The van der Waals surface area contributed by atoms with Crippen LogP contribution >= 0.6 is 23.5 Å². The smallest absolute Gasteiger partial charge is 0.206 e. The van der Waals surface area contributed by atoms with Gasteiger partial charge in [0, 0.05) is 21.3 Å². The van der Waals surface area contributed by atoms with Crippen LogP contribution in [0.5, 0.6) is 0 Å². The first-order chi connectivity index (χ1) is 21.0. The maximum Gasteiger partial charge on any atom is 0.206 e. The third-order valence-corrected chi connectivity index (χ3v) is 11.2. The summed E-state index contributed by atoms with van der Waals surface area (Å²) >= 11 is 3.01. The molecule has 0 saturated heterocycles. The second-order valence-corrected chi connectivity index (χ2v) is 14.3. The molecule has 0 atom stereocenters. The molecule has 0 aliphatic carbocycles. The Bertz CT molecular complexity index is 1900. The van der Waals surface area contributed by atoms with Crippen LogP contribution in [0.25, 0.3) is 43.8 Å². The zero-order valence-electron chi connectivity index (χ0n) is 23.3. The summed E-state index contributed by atoms with van der Waals surface area (Å²) in [7, 11) is -3.88. The highest BCUT2D eigenvalue weighted by Crippen LogP contribution is 2.39. The summed E-state index contributed by atoms with van der Waals surface area (Å²) in [5, 5.41) is 23.3. The number of aliphatic hydroxyl groups is 2. The molecule has 4 nitrogen and oxygen atoms in total. The van der Waals surface area contributed by atoms with Gasteiger partial charge in [0.05, 0.1) is 23.0 Å². The molecule has 0 radical (unpaired) electrons. The molecule has 6 aromatic rings. The van der Waals surface area contributed by atoms with Crippen LogP contribution in [0.1, 0.15) is 0 Å². The van der Waals surface area contributed by atoms with Crippen LogP contribution in [-0.4, -0.2) is 43.4 Å². The number of thioether (sulfide) groups is 2. The van der Waals surface area contributed by atoms with Gasteiger partial charge in [-0.05, 0) is 92.3 Å². The Kier molecular flexibility index (Phi) is 8.88. The fourth-order valence-electron chi connectivity index (χ4n) is 5.22. The van der Waals surface area contributed by atoms with Crippen molar-refractivity contribution in [1.29, 1.82) is 0 Å². The Balaban J connectivity index is 1.46. The molecule has 0 amide bonds. The SMILES string of the molecule is O=S(=O)(c1ccc(SCCO)c(-c2ccc3ccccc3c2)c1)c1ccc(SCCO)c(-c2ccc3ccccc3c2)c1. The molecule has 0 aliphatic rings. The molecule has 0 spiro atoms. The van der Waals surface area contributed by atoms with Crippen molar-refractivity contribution in [3.05, 3.63) is 121 Å². The van der Waals surface area contributed by atoms with E-state index in [9.17, 15) is 18.6 Å². The van der Waals surface area contributed by atoms with E-state index in [1.54, 1.807) is 24.3 Å². The molecule has 43 heavy (non-hydrogen) atoms. The summed E-state index contributed by atoms with van der Waals surface area (Å²) in [6, 6.07) is 39.0. The first-order valence-electron chi connectivity index (χ1n) is 14.0. The number of hydrogen-bond acceptors (Lipinski definition) is 6. The Morgan fingerprint density at radius 3 is 1.33 bits per heavy atom. The molecule has 2 N–H and O–H groups in total. The fourth-order valence-corrected chi connectivity index (χ4v) is 8.14. The van der Waals surface area contributed by atoms with Crippen LogP contribution in [-0.2, 0) is 9.84 Å². The van der Waals surface area contributed by atoms with Crippen molar-refractivity contribution in [2.45, 2.75) is 19.6 Å². The molecular formula is C36H30O4S3. The standard InChI is InChI=1S/C36H30O4S3/c37-17-19-41-35-15-13-31(23-33(35)29-11-9-25-5-1-3-7-27(25)21-29)43(39,40)32-14-16-36(42-20-18-38)34(24-32)30-12-10-26-6-2-4-8-28(26)22-30/h1-16,21-24,37-38H,17-20H2. The Labute approximate surface area is 260 Å². The van der Waals surface area contributed by atoms with Crippen LogP contribution in [0.3, 0.4) is 0 Å². The van der Waals surface area contributed by atoms with Gasteiger partial charge in [0.1, 0.15) is 0 Å². The number of hydrogen-bond donors (Lipinski definition) is 2. The lowest BCUT2D eigenvalue weighted by Gasteiger charge is -2.15. The predicted molar refractivity (Wildman–Crippen MR) is 180 cm³/mol. The van der Waals surface area contributed by atoms with Crippen LogP contribution in [0.15, 0.2) is 141 Å². The van der Waals surface area contributed by atoms with Gasteiger partial charge in [-0.25, -0.2) is 8.42 Å². The van der Waals surface area contributed by atoms with E-state index in [2.05, 4.69) is 24.3 Å². The zero-order chi connectivity index (χ0) is 29.8. The van der Waals surface area contributed by atoms with Crippen LogP contribution < -0.4 is 0 Å². The summed E-state index contributed by atoms with van der Waals surface area (Å²) in [6.07, 6.45) is 0. The van der Waals surface area contributed by atoms with E-state index in [0.29, 0.717) is 11.5 Å². The maximum atomic E-state index is 14.2. The summed E-state index contributed by atoms with van der Waals surface area (Å²) < 4.78 is 28.4.